The Labute approximate surface area is 89.6 Å². The van der Waals surface area contributed by atoms with Crippen LogP contribution in [0.3, 0.4) is 0 Å². The van der Waals surface area contributed by atoms with Crippen molar-refractivity contribution in [2.24, 2.45) is 23.7 Å². The van der Waals surface area contributed by atoms with Crippen molar-refractivity contribution < 1.29 is 9.90 Å². The maximum atomic E-state index is 10.3. The summed E-state index contributed by atoms with van der Waals surface area (Å²) in [5.41, 5.74) is 0. The van der Waals surface area contributed by atoms with Crippen LogP contribution in [0.15, 0.2) is 12.2 Å². The number of rotatable bonds is 4. The molecule has 0 aromatic heterocycles. The lowest BCUT2D eigenvalue weighted by atomic mass is 10.0. The predicted molar refractivity (Wildman–Crippen MR) is 56.4 cm³/mol. The van der Waals surface area contributed by atoms with Crippen molar-refractivity contribution in [3.8, 4) is 0 Å². The molecule has 0 amide bonds. The van der Waals surface area contributed by atoms with Crippen molar-refractivity contribution in [2.45, 2.75) is 25.3 Å². The smallest absolute Gasteiger partial charge is 0.328 e. The van der Waals surface area contributed by atoms with Crippen LogP contribution in [0.2, 0.25) is 0 Å². The second-order valence-corrected chi connectivity index (χ2v) is 5.16. The number of carbonyl (C=O) groups is 1. The summed E-state index contributed by atoms with van der Waals surface area (Å²) < 4.78 is 0. The molecule has 0 aliphatic heterocycles. The molecule has 3 heteroatoms. The van der Waals surface area contributed by atoms with Gasteiger partial charge in [0, 0.05) is 18.7 Å². The SMILES string of the molecule is O=C(O)/C=C/CNC1C2C3CCC(C3)C12. The van der Waals surface area contributed by atoms with Crippen LogP contribution in [-0.4, -0.2) is 23.7 Å². The zero-order valence-electron chi connectivity index (χ0n) is 8.73. The normalized spacial score (nSPS) is 46.0. The lowest BCUT2D eigenvalue weighted by Gasteiger charge is -2.08. The van der Waals surface area contributed by atoms with Gasteiger partial charge in [-0.1, -0.05) is 6.08 Å². The van der Waals surface area contributed by atoms with Crippen LogP contribution in [0.5, 0.6) is 0 Å². The molecule has 3 rings (SSSR count). The summed E-state index contributed by atoms with van der Waals surface area (Å²) in [7, 11) is 0. The molecule has 0 heterocycles. The first-order valence-corrected chi connectivity index (χ1v) is 5.90. The number of nitrogens with one attached hydrogen (secondary N) is 1. The Morgan fingerprint density at radius 3 is 2.60 bits per heavy atom. The monoisotopic (exact) mass is 207 g/mol. The predicted octanol–water partition coefficient (Wildman–Crippen LogP) is 1.26. The van der Waals surface area contributed by atoms with E-state index in [4.69, 9.17) is 5.11 Å². The van der Waals surface area contributed by atoms with Crippen LogP contribution in [-0.2, 0) is 4.79 Å². The topological polar surface area (TPSA) is 49.3 Å². The van der Waals surface area contributed by atoms with Gasteiger partial charge in [-0.25, -0.2) is 4.79 Å². The number of hydrogen-bond donors (Lipinski definition) is 2. The molecule has 0 radical (unpaired) electrons. The van der Waals surface area contributed by atoms with Crippen molar-refractivity contribution in [1.29, 1.82) is 0 Å². The number of carboxylic acid groups (broad SMARTS) is 1. The van der Waals surface area contributed by atoms with E-state index in [1.807, 2.05) is 0 Å². The lowest BCUT2D eigenvalue weighted by molar-refractivity contribution is -0.131. The standard InChI is InChI=1S/C12H17NO2/c14-9(15)2-1-5-13-12-10-7-3-4-8(6-7)11(10)12/h1-2,7-8,10-13H,3-6H2,(H,14,15)/b2-1+. The summed E-state index contributed by atoms with van der Waals surface area (Å²) in [6.07, 6.45) is 7.28. The molecule has 4 atom stereocenters. The molecule has 3 aliphatic carbocycles. The van der Waals surface area contributed by atoms with Gasteiger partial charge in [-0.2, -0.15) is 0 Å². The molecule has 0 aromatic carbocycles. The molecule has 3 saturated carbocycles. The van der Waals surface area contributed by atoms with E-state index in [2.05, 4.69) is 5.32 Å². The van der Waals surface area contributed by atoms with Gasteiger partial charge in [0.25, 0.3) is 0 Å². The Morgan fingerprint density at radius 1 is 1.33 bits per heavy atom. The number of carboxylic acids is 1. The first-order chi connectivity index (χ1) is 7.27. The van der Waals surface area contributed by atoms with Gasteiger partial charge in [0.1, 0.15) is 0 Å². The average Bonchev–Trinajstić information content (AvgIpc) is 2.61. The summed E-state index contributed by atoms with van der Waals surface area (Å²) in [5.74, 6) is 2.98. The molecule has 82 valence electrons. The summed E-state index contributed by atoms with van der Waals surface area (Å²) in [6, 6.07) is 0.703. The first kappa shape index (κ1) is 9.40. The molecule has 15 heavy (non-hydrogen) atoms. The Balaban J connectivity index is 1.46. The third-order valence-electron chi connectivity index (χ3n) is 4.47. The van der Waals surface area contributed by atoms with E-state index in [1.165, 1.54) is 25.3 Å². The fraction of sp³-hybridized carbons (Fsp3) is 0.750. The van der Waals surface area contributed by atoms with Gasteiger partial charge >= 0.3 is 5.97 Å². The van der Waals surface area contributed by atoms with Crippen molar-refractivity contribution in [1.82, 2.24) is 5.32 Å². The molecule has 0 spiro atoms. The molecule has 4 unspecified atom stereocenters. The maximum Gasteiger partial charge on any atom is 0.328 e. The maximum absolute atomic E-state index is 10.3. The van der Waals surface area contributed by atoms with Gasteiger partial charge in [-0.15, -0.1) is 0 Å². The second kappa shape index (κ2) is 3.34. The Bertz CT molecular complexity index is 297. The number of aliphatic carboxylic acids is 1. The Hall–Kier alpha value is -0.830. The molecule has 3 fully saturated rings. The van der Waals surface area contributed by atoms with Crippen LogP contribution in [0, 0.1) is 23.7 Å². The van der Waals surface area contributed by atoms with E-state index in [0.717, 1.165) is 23.7 Å². The molecule has 0 saturated heterocycles. The summed E-state index contributed by atoms with van der Waals surface area (Å²) in [5, 5.41) is 11.9. The van der Waals surface area contributed by atoms with Crippen LogP contribution >= 0.6 is 0 Å². The van der Waals surface area contributed by atoms with Crippen LogP contribution in [0.4, 0.5) is 0 Å². The fourth-order valence-corrected chi connectivity index (χ4v) is 3.96. The van der Waals surface area contributed by atoms with Gasteiger partial charge < -0.3 is 10.4 Å². The average molecular weight is 207 g/mol. The highest BCUT2D eigenvalue weighted by atomic mass is 16.4. The van der Waals surface area contributed by atoms with E-state index in [-0.39, 0.29) is 0 Å². The molecule has 2 N–H and O–H groups in total. The number of fused-ring (bicyclic) bond motifs is 5. The molecule has 3 nitrogen and oxygen atoms in total. The molecular weight excluding hydrogens is 190 g/mol. The molecular formula is C12H17NO2. The van der Waals surface area contributed by atoms with E-state index < -0.39 is 5.97 Å². The van der Waals surface area contributed by atoms with Crippen molar-refractivity contribution in [3.63, 3.8) is 0 Å². The molecule has 2 bridgehead atoms. The Kier molecular flexibility index (Phi) is 2.09. The minimum absolute atomic E-state index is 0.703. The van der Waals surface area contributed by atoms with E-state index in [9.17, 15) is 4.79 Å². The third-order valence-corrected chi connectivity index (χ3v) is 4.47. The minimum atomic E-state index is -0.854. The zero-order chi connectivity index (χ0) is 10.4. The summed E-state index contributed by atoms with van der Waals surface area (Å²) in [4.78, 5) is 10.3. The van der Waals surface area contributed by atoms with Gasteiger partial charge in [0.15, 0.2) is 0 Å². The van der Waals surface area contributed by atoms with E-state index in [1.54, 1.807) is 6.08 Å². The highest BCUT2D eigenvalue weighted by molar-refractivity contribution is 5.79. The van der Waals surface area contributed by atoms with Crippen molar-refractivity contribution in [3.05, 3.63) is 12.2 Å². The zero-order valence-corrected chi connectivity index (χ0v) is 8.73. The van der Waals surface area contributed by atoms with Gasteiger partial charge in [0.05, 0.1) is 0 Å². The molecule has 0 aromatic rings. The Morgan fingerprint density at radius 2 is 2.00 bits per heavy atom. The van der Waals surface area contributed by atoms with Crippen LogP contribution in [0.25, 0.3) is 0 Å². The summed E-state index contributed by atoms with van der Waals surface area (Å²) >= 11 is 0. The van der Waals surface area contributed by atoms with Crippen molar-refractivity contribution in [2.75, 3.05) is 6.54 Å². The van der Waals surface area contributed by atoms with E-state index in [0.29, 0.717) is 12.6 Å². The third kappa shape index (κ3) is 1.49. The summed E-state index contributed by atoms with van der Waals surface area (Å²) in [6.45, 7) is 0.712. The molecule has 3 aliphatic rings. The minimum Gasteiger partial charge on any atom is -0.478 e. The van der Waals surface area contributed by atoms with Gasteiger partial charge in [-0.05, 0) is 42.9 Å². The van der Waals surface area contributed by atoms with E-state index >= 15 is 0 Å². The van der Waals surface area contributed by atoms with Gasteiger partial charge in [0.2, 0.25) is 0 Å². The highest BCUT2D eigenvalue weighted by Crippen LogP contribution is 2.65. The second-order valence-electron chi connectivity index (χ2n) is 5.16. The van der Waals surface area contributed by atoms with Crippen molar-refractivity contribution >= 4 is 5.97 Å². The highest BCUT2D eigenvalue weighted by Gasteiger charge is 2.64. The largest absolute Gasteiger partial charge is 0.478 e. The van der Waals surface area contributed by atoms with Gasteiger partial charge in [-0.3, -0.25) is 0 Å². The van der Waals surface area contributed by atoms with Crippen LogP contribution in [0.1, 0.15) is 19.3 Å². The van der Waals surface area contributed by atoms with Crippen LogP contribution < -0.4 is 5.32 Å². The quantitative estimate of drug-likeness (QED) is 0.682. The fourth-order valence-electron chi connectivity index (χ4n) is 3.96. The first-order valence-electron chi connectivity index (χ1n) is 5.90. The lowest BCUT2D eigenvalue weighted by Crippen LogP contribution is -2.23. The number of hydrogen-bond acceptors (Lipinski definition) is 2.